The Labute approximate surface area is 184 Å². The highest BCUT2D eigenvalue weighted by atomic mass is 32.2. The molecule has 0 atom stereocenters. The van der Waals surface area contributed by atoms with E-state index in [2.05, 4.69) is 13.2 Å². The topological polar surface area (TPSA) is 55.8 Å². The maximum Gasteiger partial charge on any atom is 0.494 e. The number of para-hydroxylation sites is 1. The van der Waals surface area contributed by atoms with Crippen LogP contribution in [0.15, 0.2) is 89.3 Å². The van der Waals surface area contributed by atoms with Gasteiger partial charge < -0.3 is 14.2 Å². The van der Waals surface area contributed by atoms with Crippen molar-refractivity contribution in [1.29, 1.82) is 0 Å². The number of benzene rings is 2. The van der Waals surface area contributed by atoms with Crippen LogP contribution in [0.2, 0.25) is 0 Å². The molecular weight excluding hydrogens is 409 g/mol. The highest BCUT2D eigenvalue weighted by Crippen LogP contribution is 2.43. The molecule has 7 heteroatoms. The molecule has 0 unspecified atom stereocenters. The van der Waals surface area contributed by atoms with Crippen molar-refractivity contribution < 1.29 is 17.7 Å². The summed E-state index contributed by atoms with van der Waals surface area (Å²) < 4.78 is 38.5. The van der Waals surface area contributed by atoms with Gasteiger partial charge in [-0.1, -0.05) is 37.4 Å². The number of hydrogen-bond acceptors (Lipinski definition) is 5. The van der Waals surface area contributed by atoms with Gasteiger partial charge in [0.15, 0.2) is 0 Å². The first-order chi connectivity index (χ1) is 14.5. The molecule has 0 aliphatic carbocycles. The smallest absolute Gasteiger partial charge is 0.399 e. The number of anilines is 2. The first-order valence-corrected chi connectivity index (χ1v) is 11.6. The lowest BCUT2D eigenvalue weighted by Crippen LogP contribution is -2.41. The summed E-state index contributed by atoms with van der Waals surface area (Å²) in [6.45, 7) is 15.7. The Morgan fingerprint density at radius 2 is 1.48 bits per heavy atom. The zero-order valence-electron chi connectivity index (χ0n) is 18.3. The fourth-order valence-electron chi connectivity index (χ4n) is 3.81. The average molecular weight is 435 g/mol. The molecule has 0 N–H and O–H groups in total. The summed E-state index contributed by atoms with van der Waals surface area (Å²) in [7, 11) is -4.14. The minimum atomic E-state index is -3.67. The van der Waals surface area contributed by atoms with Gasteiger partial charge >= 0.3 is 7.12 Å². The molecule has 2 aliphatic rings. The Kier molecular flexibility index (Phi) is 5.04. The van der Waals surface area contributed by atoms with E-state index in [4.69, 9.17) is 9.31 Å². The normalized spacial score (nSPS) is 21.0. The molecule has 0 radical (unpaired) electrons. The maximum absolute atomic E-state index is 13.1. The number of allylic oxidation sites excluding steroid dienone is 2. The third-order valence-corrected chi connectivity index (χ3v) is 8.11. The molecule has 160 valence electrons. The third kappa shape index (κ3) is 3.28. The second-order valence-electron chi connectivity index (χ2n) is 8.64. The van der Waals surface area contributed by atoms with Gasteiger partial charge in [-0.2, -0.15) is 0 Å². The van der Waals surface area contributed by atoms with Crippen LogP contribution in [0.1, 0.15) is 27.7 Å². The lowest BCUT2D eigenvalue weighted by Gasteiger charge is -2.33. The summed E-state index contributed by atoms with van der Waals surface area (Å²) >= 11 is 0. The van der Waals surface area contributed by atoms with Crippen molar-refractivity contribution >= 4 is 33.8 Å². The standard InChI is InChI=1S/C24H26BNO4S/c1-7-19-21(8-2)31(27,28)22-12-10-9-11-20(22)26(19)18-15-13-17(14-16-18)25-29-23(3,4)24(5,6)30-25/h7-16H,1-2H2,3-6H3. The second kappa shape index (κ2) is 7.23. The molecule has 1 fully saturated rings. The van der Waals surface area contributed by atoms with Crippen molar-refractivity contribution in [2.45, 2.75) is 43.8 Å². The molecule has 2 heterocycles. The summed E-state index contributed by atoms with van der Waals surface area (Å²) in [5.41, 5.74) is 1.90. The van der Waals surface area contributed by atoms with Crippen LogP contribution in [0, 0.1) is 0 Å². The van der Waals surface area contributed by atoms with E-state index in [1.54, 1.807) is 24.3 Å². The Bertz CT molecular complexity index is 1180. The molecule has 0 saturated carbocycles. The van der Waals surface area contributed by atoms with E-state index < -0.39 is 28.2 Å². The van der Waals surface area contributed by atoms with Crippen LogP contribution in [-0.4, -0.2) is 26.7 Å². The van der Waals surface area contributed by atoms with Gasteiger partial charge in [-0.15, -0.1) is 0 Å². The Hall–Kier alpha value is -2.61. The van der Waals surface area contributed by atoms with Gasteiger partial charge in [0.1, 0.15) is 0 Å². The largest absolute Gasteiger partial charge is 0.494 e. The van der Waals surface area contributed by atoms with Crippen molar-refractivity contribution in [2.24, 2.45) is 0 Å². The van der Waals surface area contributed by atoms with Gasteiger partial charge in [0.05, 0.1) is 32.4 Å². The Morgan fingerprint density at radius 1 is 0.903 bits per heavy atom. The van der Waals surface area contributed by atoms with Crippen molar-refractivity contribution in [3.05, 3.63) is 84.4 Å². The summed E-state index contributed by atoms with van der Waals surface area (Å²) in [6.07, 6.45) is 2.92. The quantitative estimate of drug-likeness (QED) is 0.663. The van der Waals surface area contributed by atoms with Gasteiger partial charge in [0.25, 0.3) is 0 Å². The first-order valence-electron chi connectivity index (χ1n) is 10.1. The predicted molar refractivity (Wildman–Crippen MR) is 125 cm³/mol. The van der Waals surface area contributed by atoms with E-state index in [0.717, 1.165) is 11.2 Å². The third-order valence-electron chi connectivity index (χ3n) is 6.23. The number of sulfone groups is 1. The fraction of sp³-hybridized carbons (Fsp3) is 0.250. The van der Waals surface area contributed by atoms with Crippen LogP contribution in [0.3, 0.4) is 0 Å². The van der Waals surface area contributed by atoms with E-state index in [1.165, 1.54) is 6.08 Å². The minimum absolute atomic E-state index is 0.135. The number of rotatable bonds is 4. The lowest BCUT2D eigenvalue weighted by molar-refractivity contribution is 0.00578. The highest BCUT2D eigenvalue weighted by Gasteiger charge is 2.51. The predicted octanol–water partition coefficient (Wildman–Crippen LogP) is 4.49. The molecule has 1 saturated heterocycles. The molecule has 31 heavy (non-hydrogen) atoms. The SMILES string of the molecule is C=CC1=C(C=C)S(=O)(=O)c2ccccc2N1c1ccc(B2OC(C)(C)C(C)(C)O2)cc1. The molecule has 5 nitrogen and oxygen atoms in total. The van der Waals surface area contributed by atoms with Gasteiger partial charge in [-0.3, -0.25) is 0 Å². The van der Waals surface area contributed by atoms with E-state index in [9.17, 15) is 8.42 Å². The lowest BCUT2D eigenvalue weighted by atomic mass is 9.79. The van der Waals surface area contributed by atoms with E-state index in [1.807, 2.05) is 62.9 Å². The Morgan fingerprint density at radius 3 is 2.03 bits per heavy atom. The number of hydrogen-bond donors (Lipinski definition) is 0. The zero-order chi connectivity index (χ0) is 22.6. The van der Waals surface area contributed by atoms with Crippen molar-refractivity contribution in [3.8, 4) is 0 Å². The number of nitrogens with zero attached hydrogens (tertiary/aromatic N) is 1. The van der Waals surface area contributed by atoms with Crippen molar-refractivity contribution in [1.82, 2.24) is 0 Å². The van der Waals surface area contributed by atoms with E-state index in [0.29, 0.717) is 11.4 Å². The second-order valence-corrected chi connectivity index (χ2v) is 10.5. The molecule has 0 bridgehead atoms. The van der Waals surface area contributed by atoms with Gasteiger partial charge in [0.2, 0.25) is 9.84 Å². The van der Waals surface area contributed by atoms with Crippen LogP contribution >= 0.6 is 0 Å². The molecule has 2 aromatic rings. The molecule has 0 spiro atoms. The fourth-order valence-corrected chi connectivity index (χ4v) is 5.41. The van der Waals surface area contributed by atoms with E-state index in [-0.39, 0.29) is 9.80 Å². The number of fused-ring (bicyclic) bond motifs is 1. The molecular formula is C24H26BNO4S. The van der Waals surface area contributed by atoms with Crippen LogP contribution in [0.5, 0.6) is 0 Å². The summed E-state index contributed by atoms with van der Waals surface area (Å²) in [4.78, 5) is 2.26. The van der Waals surface area contributed by atoms with E-state index >= 15 is 0 Å². The van der Waals surface area contributed by atoms with Gasteiger partial charge in [-0.25, -0.2) is 8.42 Å². The first kappa shape index (κ1) is 21.6. The van der Waals surface area contributed by atoms with Crippen LogP contribution < -0.4 is 10.4 Å². The van der Waals surface area contributed by atoms with Gasteiger partial charge in [0, 0.05) is 5.69 Å². The highest BCUT2D eigenvalue weighted by molar-refractivity contribution is 7.95. The van der Waals surface area contributed by atoms with Crippen LogP contribution in [0.4, 0.5) is 11.4 Å². The average Bonchev–Trinajstić information content (AvgIpc) is 2.95. The summed E-state index contributed by atoms with van der Waals surface area (Å²) in [5, 5.41) is 0. The summed E-state index contributed by atoms with van der Waals surface area (Å²) in [6, 6.07) is 14.7. The molecule has 2 aromatic carbocycles. The maximum atomic E-state index is 13.1. The Balaban J connectivity index is 1.79. The molecule has 2 aliphatic heterocycles. The van der Waals surface area contributed by atoms with Crippen LogP contribution in [0.25, 0.3) is 0 Å². The zero-order valence-corrected chi connectivity index (χ0v) is 19.1. The van der Waals surface area contributed by atoms with Gasteiger partial charge in [-0.05, 0) is 69.6 Å². The molecule has 4 rings (SSSR count). The van der Waals surface area contributed by atoms with Crippen molar-refractivity contribution in [3.63, 3.8) is 0 Å². The molecule has 0 amide bonds. The molecule has 0 aromatic heterocycles. The van der Waals surface area contributed by atoms with Crippen molar-refractivity contribution in [2.75, 3.05) is 4.90 Å². The van der Waals surface area contributed by atoms with Crippen LogP contribution in [-0.2, 0) is 19.1 Å². The summed E-state index contributed by atoms with van der Waals surface area (Å²) in [5.74, 6) is 0. The monoisotopic (exact) mass is 435 g/mol. The minimum Gasteiger partial charge on any atom is -0.399 e.